The lowest BCUT2D eigenvalue weighted by Gasteiger charge is -2.20. The molecule has 4 nitrogen and oxygen atoms in total. The molecule has 1 aliphatic carbocycles. The fourth-order valence-corrected chi connectivity index (χ4v) is 5.05. The number of halogens is 1. The quantitative estimate of drug-likeness (QED) is 0.517. The molecule has 1 heterocycles. The van der Waals surface area contributed by atoms with Gasteiger partial charge in [0.1, 0.15) is 0 Å². The lowest BCUT2D eigenvalue weighted by Crippen LogP contribution is -2.05. The SMILES string of the molecule is COc1cc(C2C=C(c3ccc(Cl)cc3)N=C3CCCC=C3S2)cc(OC)c1OC. The second kappa shape index (κ2) is 9.19. The zero-order valence-electron chi connectivity index (χ0n) is 17.3. The number of aliphatic imine (C=N–C) groups is 1. The van der Waals surface area contributed by atoms with E-state index in [9.17, 15) is 0 Å². The molecule has 1 unspecified atom stereocenters. The Morgan fingerprint density at radius 1 is 1.00 bits per heavy atom. The van der Waals surface area contributed by atoms with Crippen molar-refractivity contribution in [3.63, 3.8) is 0 Å². The molecule has 0 radical (unpaired) electrons. The Morgan fingerprint density at radius 3 is 2.33 bits per heavy atom. The van der Waals surface area contributed by atoms with E-state index in [0.717, 1.165) is 46.8 Å². The summed E-state index contributed by atoms with van der Waals surface area (Å²) in [7, 11) is 4.90. The summed E-state index contributed by atoms with van der Waals surface area (Å²) in [6.45, 7) is 0. The molecular weight excluding hydrogens is 418 g/mol. The monoisotopic (exact) mass is 441 g/mol. The molecule has 4 rings (SSSR count). The van der Waals surface area contributed by atoms with Crippen LogP contribution in [0.3, 0.4) is 0 Å². The van der Waals surface area contributed by atoms with Gasteiger partial charge in [-0.2, -0.15) is 0 Å². The standard InChI is InChI=1S/C24H24ClNO3S/c1-27-20-12-16(13-21(28-2)24(20)29-3)23-14-19(15-8-10-17(25)11-9-15)26-18-6-4-5-7-22(18)30-23/h7-14,23H,4-6H2,1-3H3. The normalized spacial score (nSPS) is 18.4. The Morgan fingerprint density at radius 2 is 1.70 bits per heavy atom. The summed E-state index contributed by atoms with van der Waals surface area (Å²) < 4.78 is 16.7. The number of rotatable bonds is 5. The van der Waals surface area contributed by atoms with Crippen LogP contribution in [0, 0.1) is 0 Å². The van der Waals surface area contributed by atoms with Gasteiger partial charge < -0.3 is 14.2 Å². The van der Waals surface area contributed by atoms with E-state index in [2.05, 4.69) is 12.2 Å². The molecule has 0 saturated heterocycles. The molecule has 0 saturated carbocycles. The minimum absolute atomic E-state index is 0.0509. The third-order valence-electron chi connectivity index (χ3n) is 5.21. The predicted molar refractivity (Wildman–Crippen MR) is 125 cm³/mol. The Labute approximate surface area is 186 Å². The molecule has 6 heteroatoms. The molecule has 0 N–H and O–H groups in total. The van der Waals surface area contributed by atoms with E-state index in [1.54, 1.807) is 21.3 Å². The summed E-state index contributed by atoms with van der Waals surface area (Å²) in [4.78, 5) is 6.30. The van der Waals surface area contributed by atoms with Gasteiger partial charge in [-0.05, 0) is 60.7 Å². The lowest BCUT2D eigenvalue weighted by atomic mass is 10.0. The van der Waals surface area contributed by atoms with Crippen LogP contribution in [-0.4, -0.2) is 27.0 Å². The van der Waals surface area contributed by atoms with Gasteiger partial charge in [0, 0.05) is 9.93 Å². The lowest BCUT2D eigenvalue weighted by molar-refractivity contribution is 0.324. The number of benzene rings is 2. The van der Waals surface area contributed by atoms with Gasteiger partial charge in [0.2, 0.25) is 5.75 Å². The number of hydrogen-bond acceptors (Lipinski definition) is 5. The van der Waals surface area contributed by atoms with Crippen LogP contribution in [0.25, 0.3) is 5.70 Å². The number of allylic oxidation sites excluding steroid dienone is 2. The van der Waals surface area contributed by atoms with Gasteiger partial charge in [-0.3, -0.25) is 4.99 Å². The molecule has 2 aromatic rings. The fraction of sp³-hybridized carbons (Fsp3) is 0.292. The number of nitrogens with zero attached hydrogens (tertiary/aromatic N) is 1. The van der Waals surface area contributed by atoms with Gasteiger partial charge in [-0.15, -0.1) is 11.8 Å². The number of ether oxygens (including phenoxy) is 3. The first-order valence-electron chi connectivity index (χ1n) is 9.85. The van der Waals surface area contributed by atoms with Gasteiger partial charge >= 0.3 is 0 Å². The third-order valence-corrected chi connectivity index (χ3v) is 6.78. The summed E-state index contributed by atoms with van der Waals surface area (Å²) in [5, 5.41) is 0.768. The fourth-order valence-electron chi connectivity index (χ4n) is 3.68. The summed E-state index contributed by atoms with van der Waals surface area (Å²) in [5.41, 5.74) is 4.24. The zero-order valence-corrected chi connectivity index (χ0v) is 18.8. The molecule has 30 heavy (non-hydrogen) atoms. The van der Waals surface area contributed by atoms with E-state index in [-0.39, 0.29) is 5.25 Å². The highest BCUT2D eigenvalue weighted by Crippen LogP contribution is 2.47. The first-order chi connectivity index (χ1) is 14.6. The van der Waals surface area contributed by atoms with Crippen molar-refractivity contribution in [2.45, 2.75) is 24.5 Å². The molecule has 1 atom stereocenters. The van der Waals surface area contributed by atoms with Gasteiger partial charge in [-0.1, -0.05) is 29.8 Å². The highest BCUT2D eigenvalue weighted by Gasteiger charge is 2.25. The maximum Gasteiger partial charge on any atom is 0.203 e. The van der Waals surface area contributed by atoms with Crippen LogP contribution in [0.15, 0.2) is 58.4 Å². The predicted octanol–water partition coefficient (Wildman–Crippen LogP) is 6.70. The summed E-state index contributed by atoms with van der Waals surface area (Å²) in [6, 6.07) is 11.9. The van der Waals surface area contributed by atoms with Crippen LogP contribution < -0.4 is 14.2 Å². The molecule has 0 amide bonds. The molecule has 2 aromatic carbocycles. The Bertz CT molecular complexity index is 1000. The number of methoxy groups -OCH3 is 3. The highest BCUT2D eigenvalue weighted by atomic mass is 35.5. The number of hydrogen-bond donors (Lipinski definition) is 0. The van der Waals surface area contributed by atoms with Gasteiger partial charge in [0.25, 0.3) is 0 Å². The minimum Gasteiger partial charge on any atom is -0.493 e. The average molecular weight is 442 g/mol. The van der Waals surface area contributed by atoms with E-state index in [0.29, 0.717) is 17.2 Å². The molecular formula is C24H24ClNO3S. The van der Waals surface area contributed by atoms with Crippen LogP contribution >= 0.6 is 23.4 Å². The molecule has 0 fully saturated rings. The van der Waals surface area contributed by atoms with Crippen molar-refractivity contribution in [2.75, 3.05) is 21.3 Å². The maximum atomic E-state index is 6.11. The summed E-state index contributed by atoms with van der Waals surface area (Å²) in [6.07, 6.45) is 7.72. The van der Waals surface area contributed by atoms with E-state index >= 15 is 0 Å². The Hall–Kier alpha value is -2.37. The zero-order chi connectivity index (χ0) is 21.1. The van der Waals surface area contributed by atoms with Gasteiger partial charge in [0.15, 0.2) is 11.5 Å². The topological polar surface area (TPSA) is 40.0 Å². The van der Waals surface area contributed by atoms with Gasteiger partial charge in [0.05, 0.1) is 38.0 Å². The van der Waals surface area contributed by atoms with E-state index in [1.165, 1.54) is 4.91 Å². The van der Waals surface area contributed by atoms with Crippen LogP contribution in [0.1, 0.15) is 35.6 Å². The Kier molecular flexibility index (Phi) is 6.40. The van der Waals surface area contributed by atoms with Crippen LogP contribution in [-0.2, 0) is 0 Å². The van der Waals surface area contributed by atoms with Crippen LogP contribution in [0.2, 0.25) is 5.02 Å². The molecule has 156 valence electrons. The molecule has 1 aliphatic heterocycles. The van der Waals surface area contributed by atoms with Crippen LogP contribution in [0.4, 0.5) is 0 Å². The van der Waals surface area contributed by atoms with Crippen molar-refractivity contribution in [1.29, 1.82) is 0 Å². The first-order valence-corrected chi connectivity index (χ1v) is 11.1. The van der Waals surface area contributed by atoms with Crippen molar-refractivity contribution in [3.05, 3.63) is 69.6 Å². The Balaban J connectivity index is 1.83. The van der Waals surface area contributed by atoms with E-state index in [4.69, 9.17) is 30.8 Å². The van der Waals surface area contributed by atoms with Crippen molar-refractivity contribution in [2.24, 2.45) is 4.99 Å². The third kappa shape index (κ3) is 4.23. The second-order valence-electron chi connectivity index (χ2n) is 7.08. The highest BCUT2D eigenvalue weighted by molar-refractivity contribution is 8.04. The van der Waals surface area contributed by atoms with E-state index in [1.807, 2.05) is 48.2 Å². The van der Waals surface area contributed by atoms with Crippen molar-refractivity contribution in [1.82, 2.24) is 0 Å². The molecule has 0 spiro atoms. The largest absolute Gasteiger partial charge is 0.493 e. The van der Waals surface area contributed by atoms with Crippen molar-refractivity contribution >= 4 is 34.8 Å². The van der Waals surface area contributed by atoms with Crippen LogP contribution in [0.5, 0.6) is 17.2 Å². The molecule has 0 aromatic heterocycles. The summed E-state index contributed by atoms with van der Waals surface area (Å²) >= 11 is 7.92. The van der Waals surface area contributed by atoms with E-state index < -0.39 is 0 Å². The smallest absolute Gasteiger partial charge is 0.203 e. The van der Waals surface area contributed by atoms with Crippen molar-refractivity contribution in [3.8, 4) is 17.2 Å². The molecule has 0 bridgehead atoms. The molecule has 2 aliphatic rings. The second-order valence-corrected chi connectivity index (χ2v) is 8.69. The minimum atomic E-state index is 0.0509. The summed E-state index contributed by atoms with van der Waals surface area (Å²) in [5.74, 6) is 1.90. The average Bonchev–Trinajstić information content (AvgIpc) is 2.98. The number of thioether (sulfide) groups is 1. The maximum absolute atomic E-state index is 6.11. The number of fused-ring (bicyclic) bond motifs is 1. The first kappa shape index (κ1) is 20.9. The van der Waals surface area contributed by atoms with Gasteiger partial charge in [-0.25, -0.2) is 0 Å². The van der Waals surface area contributed by atoms with Crippen molar-refractivity contribution < 1.29 is 14.2 Å².